The van der Waals surface area contributed by atoms with E-state index in [1.807, 2.05) is 0 Å². The maximum absolute atomic E-state index is 14.0. The number of rotatable bonds is 10. The Balaban J connectivity index is 1.92. The molecule has 0 saturated heterocycles. The van der Waals surface area contributed by atoms with Crippen LogP contribution in [0.4, 0.5) is 23.2 Å². The minimum atomic E-state index is -4.84. The van der Waals surface area contributed by atoms with Crippen LogP contribution in [0.2, 0.25) is 0 Å². The molecule has 0 aliphatic carbocycles. The van der Waals surface area contributed by atoms with E-state index in [2.05, 4.69) is 10.3 Å². The first-order valence-corrected chi connectivity index (χ1v) is 14.3. The predicted molar refractivity (Wildman–Crippen MR) is 162 cm³/mol. The van der Waals surface area contributed by atoms with Gasteiger partial charge < -0.3 is 5.32 Å². The molecule has 0 bridgehead atoms. The molecule has 0 spiro atoms. The Morgan fingerprint density at radius 2 is 1.60 bits per heavy atom. The molecular formula is C34H31F4N3O4. The summed E-state index contributed by atoms with van der Waals surface area (Å²) in [7, 11) is 0. The summed E-state index contributed by atoms with van der Waals surface area (Å²) < 4.78 is 56.6. The molecule has 0 aliphatic heterocycles. The van der Waals surface area contributed by atoms with E-state index in [-0.39, 0.29) is 40.4 Å². The molecule has 0 fully saturated rings. The number of aryl methyl sites for hydroxylation is 1. The number of carbonyl (C=O) groups is 3. The van der Waals surface area contributed by atoms with Crippen LogP contribution in [0.3, 0.4) is 0 Å². The van der Waals surface area contributed by atoms with E-state index in [0.717, 1.165) is 22.8 Å². The largest absolute Gasteiger partial charge is 0.416 e. The molecule has 1 amide bonds. The Kier molecular flexibility index (Phi) is 9.80. The van der Waals surface area contributed by atoms with Gasteiger partial charge in [0, 0.05) is 34.6 Å². The molecule has 7 nitrogen and oxygen atoms in total. The molecule has 4 rings (SSSR count). The Hall–Kier alpha value is -4.93. The zero-order valence-corrected chi connectivity index (χ0v) is 25.1. The Morgan fingerprint density at radius 1 is 0.933 bits per heavy atom. The third-order valence-electron chi connectivity index (χ3n) is 7.52. The summed E-state index contributed by atoms with van der Waals surface area (Å²) in [6.07, 6.45) is -2.94. The molecule has 11 heteroatoms. The molecule has 1 N–H and O–H groups in total. The van der Waals surface area contributed by atoms with Gasteiger partial charge in [-0.15, -0.1) is 0 Å². The van der Waals surface area contributed by atoms with Crippen molar-refractivity contribution in [2.75, 3.05) is 5.32 Å². The van der Waals surface area contributed by atoms with Crippen LogP contribution in [-0.2, 0) is 17.5 Å². The number of hydrogen-bond donors (Lipinski definition) is 1. The van der Waals surface area contributed by atoms with Crippen LogP contribution in [0, 0.1) is 18.7 Å². The van der Waals surface area contributed by atoms with E-state index in [4.69, 9.17) is 0 Å². The second-order valence-corrected chi connectivity index (χ2v) is 10.7. The van der Waals surface area contributed by atoms with E-state index in [1.54, 1.807) is 45.9 Å². The van der Waals surface area contributed by atoms with Crippen LogP contribution in [0.25, 0.3) is 11.4 Å². The number of benzene rings is 3. The number of alkyl halides is 3. The highest BCUT2D eigenvalue weighted by Crippen LogP contribution is 2.32. The Labute approximate surface area is 256 Å². The maximum Gasteiger partial charge on any atom is 0.416 e. The van der Waals surface area contributed by atoms with Crippen LogP contribution in [0.5, 0.6) is 0 Å². The summed E-state index contributed by atoms with van der Waals surface area (Å²) in [5, 5.41) is 2.56. The van der Waals surface area contributed by atoms with Crippen LogP contribution in [-0.4, -0.2) is 27.0 Å². The summed E-state index contributed by atoms with van der Waals surface area (Å²) in [6.45, 7) is 6.44. The standard InChI is InChI=1S/C34H31F4N3O4/c1-5-19(3)32(44)40-28-17-39-31(27-16-23(29(42)6-2)8-7-20(27)4)41(33(28)45)18-21-13-24(15-25(14-21)34(36,37)38)30(43)22-9-11-26(35)12-10-22/h7-17,19H,5-6,18H2,1-4H3,(H,40,44)/t19-/m1/s1. The zero-order chi connectivity index (χ0) is 33.1. The summed E-state index contributed by atoms with van der Waals surface area (Å²) in [4.78, 5) is 56.6. The predicted octanol–water partition coefficient (Wildman–Crippen LogP) is 7.23. The summed E-state index contributed by atoms with van der Waals surface area (Å²) in [5.41, 5.74) is -1.06. The highest BCUT2D eigenvalue weighted by Gasteiger charge is 2.32. The van der Waals surface area contributed by atoms with Crippen molar-refractivity contribution in [3.63, 3.8) is 0 Å². The lowest BCUT2D eigenvalue weighted by Gasteiger charge is -2.18. The van der Waals surface area contributed by atoms with E-state index < -0.39 is 47.3 Å². The lowest BCUT2D eigenvalue weighted by molar-refractivity contribution is -0.137. The van der Waals surface area contributed by atoms with Gasteiger partial charge in [0.2, 0.25) is 5.91 Å². The van der Waals surface area contributed by atoms with Gasteiger partial charge in [-0.3, -0.25) is 23.7 Å². The number of Topliss-reactive ketones (excluding diaryl/α,β-unsaturated/α-hetero) is 1. The number of hydrogen-bond acceptors (Lipinski definition) is 5. The number of aromatic nitrogens is 2. The second kappa shape index (κ2) is 13.4. The van der Waals surface area contributed by atoms with Gasteiger partial charge >= 0.3 is 6.18 Å². The fraction of sp³-hybridized carbons (Fsp3) is 0.265. The SMILES string of the molecule is CCC(=O)c1ccc(C)c(-c2ncc(NC(=O)[C@H](C)CC)c(=O)n2Cc2cc(C(=O)c3ccc(F)cc3)cc(C(F)(F)F)c2)c1. The monoisotopic (exact) mass is 621 g/mol. The van der Waals surface area contributed by atoms with Gasteiger partial charge in [0.15, 0.2) is 11.6 Å². The first kappa shape index (κ1) is 33.0. The highest BCUT2D eigenvalue weighted by atomic mass is 19.4. The number of amides is 1. The van der Waals surface area contributed by atoms with Gasteiger partial charge in [-0.05, 0) is 73.0 Å². The number of anilines is 1. The third kappa shape index (κ3) is 7.42. The number of nitrogens with zero attached hydrogens (tertiary/aromatic N) is 2. The van der Waals surface area contributed by atoms with Crippen molar-refractivity contribution in [3.05, 3.63) is 116 Å². The van der Waals surface area contributed by atoms with E-state index in [9.17, 15) is 36.7 Å². The van der Waals surface area contributed by atoms with Gasteiger partial charge in [-0.2, -0.15) is 13.2 Å². The van der Waals surface area contributed by atoms with E-state index >= 15 is 0 Å². The van der Waals surface area contributed by atoms with Crippen molar-refractivity contribution in [1.29, 1.82) is 0 Å². The number of ketones is 2. The molecular weight excluding hydrogens is 590 g/mol. The Morgan fingerprint density at radius 3 is 2.22 bits per heavy atom. The molecule has 234 valence electrons. The fourth-order valence-corrected chi connectivity index (χ4v) is 4.65. The highest BCUT2D eigenvalue weighted by molar-refractivity contribution is 6.09. The lowest BCUT2D eigenvalue weighted by Crippen LogP contribution is -2.30. The first-order chi connectivity index (χ1) is 21.2. The lowest BCUT2D eigenvalue weighted by atomic mass is 9.98. The third-order valence-corrected chi connectivity index (χ3v) is 7.52. The number of carbonyl (C=O) groups excluding carboxylic acids is 3. The summed E-state index contributed by atoms with van der Waals surface area (Å²) in [6, 6.07) is 12.0. The molecule has 45 heavy (non-hydrogen) atoms. The summed E-state index contributed by atoms with van der Waals surface area (Å²) >= 11 is 0. The number of halogens is 4. The molecule has 0 saturated carbocycles. The van der Waals surface area contributed by atoms with Crippen molar-refractivity contribution in [3.8, 4) is 11.4 Å². The van der Waals surface area contributed by atoms with Crippen LogP contribution >= 0.6 is 0 Å². The minimum Gasteiger partial charge on any atom is -0.320 e. The normalized spacial score (nSPS) is 12.1. The minimum absolute atomic E-state index is 0.0241. The average Bonchev–Trinajstić information content (AvgIpc) is 3.02. The molecule has 0 unspecified atom stereocenters. The fourth-order valence-electron chi connectivity index (χ4n) is 4.65. The van der Waals surface area contributed by atoms with Crippen molar-refractivity contribution in [2.45, 2.75) is 53.3 Å². The first-order valence-electron chi connectivity index (χ1n) is 14.3. The van der Waals surface area contributed by atoms with Gasteiger partial charge in [0.25, 0.3) is 5.56 Å². The van der Waals surface area contributed by atoms with E-state index in [1.165, 1.54) is 24.4 Å². The van der Waals surface area contributed by atoms with Gasteiger partial charge in [-0.1, -0.05) is 32.9 Å². The van der Waals surface area contributed by atoms with Crippen molar-refractivity contribution in [1.82, 2.24) is 9.55 Å². The van der Waals surface area contributed by atoms with E-state index in [0.29, 0.717) is 29.2 Å². The summed E-state index contributed by atoms with van der Waals surface area (Å²) in [5.74, 6) is -2.37. The van der Waals surface area contributed by atoms with Gasteiger partial charge in [-0.25, -0.2) is 9.37 Å². The second-order valence-electron chi connectivity index (χ2n) is 10.7. The van der Waals surface area contributed by atoms with Gasteiger partial charge in [0.1, 0.15) is 17.3 Å². The van der Waals surface area contributed by atoms with Crippen LogP contribution in [0.15, 0.2) is 71.7 Å². The van der Waals surface area contributed by atoms with Crippen LogP contribution < -0.4 is 10.9 Å². The maximum atomic E-state index is 14.0. The molecule has 4 aromatic rings. The van der Waals surface area contributed by atoms with Crippen molar-refractivity contribution in [2.24, 2.45) is 5.92 Å². The number of nitrogens with one attached hydrogen (secondary N) is 1. The molecule has 0 aliphatic rings. The van der Waals surface area contributed by atoms with Crippen molar-refractivity contribution < 1.29 is 31.9 Å². The van der Waals surface area contributed by atoms with Crippen LogP contribution in [0.1, 0.15) is 76.6 Å². The topological polar surface area (TPSA) is 98.1 Å². The average molecular weight is 622 g/mol. The smallest absolute Gasteiger partial charge is 0.320 e. The van der Waals surface area contributed by atoms with Crippen molar-refractivity contribution >= 4 is 23.2 Å². The molecule has 1 aromatic heterocycles. The zero-order valence-electron chi connectivity index (χ0n) is 25.1. The van der Waals surface area contributed by atoms with Gasteiger partial charge in [0.05, 0.1) is 18.3 Å². The molecule has 0 radical (unpaired) electrons. The Bertz CT molecular complexity index is 1830. The quantitative estimate of drug-likeness (QED) is 0.149. The molecule has 1 atom stereocenters. The molecule has 1 heterocycles. The molecule has 3 aromatic carbocycles.